The van der Waals surface area contributed by atoms with Crippen molar-refractivity contribution in [1.29, 1.82) is 0 Å². The summed E-state index contributed by atoms with van der Waals surface area (Å²) in [5.74, 6) is -0.264. The second-order valence-electron chi connectivity index (χ2n) is 24.6. The minimum absolute atomic E-state index is 0.244. The smallest absolute Gasteiger partial charge is 0.220 e. The van der Waals surface area contributed by atoms with Crippen LogP contribution in [-0.2, 0) is 33.2 Å². The first-order chi connectivity index (χ1) is 45.8. The maximum absolute atomic E-state index is 13.3. The summed E-state index contributed by atoms with van der Waals surface area (Å²) in [7, 11) is 0. The summed E-state index contributed by atoms with van der Waals surface area (Å²) >= 11 is 0. The first-order valence-corrected chi connectivity index (χ1v) is 35.4. The van der Waals surface area contributed by atoms with Crippen molar-refractivity contribution in [1.82, 2.24) is 5.32 Å². The lowest BCUT2D eigenvalue weighted by molar-refractivity contribution is -0.379. The van der Waals surface area contributed by atoms with E-state index in [1.54, 1.807) is 0 Å². The van der Waals surface area contributed by atoms with Gasteiger partial charge in [0.1, 0.15) is 73.2 Å². The highest BCUT2D eigenvalue weighted by molar-refractivity contribution is 5.76. The monoisotopic (exact) mass is 1330 g/mol. The van der Waals surface area contributed by atoms with Gasteiger partial charge in [0.25, 0.3) is 0 Å². The van der Waals surface area contributed by atoms with E-state index < -0.39 is 124 Å². The van der Waals surface area contributed by atoms with Crippen LogP contribution in [0.25, 0.3) is 0 Å². The van der Waals surface area contributed by atoms with Crippen molar-refractivity contribution in [2.24, 2.45) is 0 Å². The molecular weight excluding hydrogens is 1200 g/mol. The van der Waals surface area contributed by atoms with Gasteiger partial charge in [-0.1, -0.05) is 231 Å². The van der Waals surface area contributed by atoms with E-state index in [0.717, 1.165) is 148 Å². The molecule has 0 aromatic heterocycles. The molecule has 0 aromatic carbocycles. The Morgan fingerprint density at radius 2 is 0.734 bits per heavy atom. The number of nitrogens with one attached hydrogen (secondary N) is 1. The van der Waals surface area contributed by atoms with Crippen LogP contribution in [0.4, 0.5) is 0 Å². The van der Waals surface area contributed by atoms with Crippen LogP contribution in [0.2, 0.25) is 0 Å². The molecule has 19 heteroatoms. The molecule has 3 aliphatic rings. The Bertz CT molecular complexity index is 2220. The molecular formula is C75H123NO18. The van der Waals surface area contributed by atoms with Crippen molar-refractivity contribution < 1.29 is 89.4 Å². The molecule has 94 heavy (non-hydrogen) atoms. The number of hydrogen-bond donors (Lipinski definition) is 12. The number of carbonyl (C=O) groups is 1. The SMILES string of the molecule is CC/C=C\C/C=C\C/C=C\C/C=C\C/C=C\C/C=C\C/C=C\C/C=C\C/C=C\C/C=C\C/C=C\CCCCCCCCCC(=O)NC(COC1OC(CO)C(OC2OC(CO)C(OC3OC(CO)C(O)C(O)C3O)C(O)C2O)C(O)C1O)C(O)CCCCCCCCCC. The molecule has 3 rings (SSSR count). The molecule has 0 spiro atoms. The molecule has 17 unspecified atom stereocenters. The molecule has 0 aliphatic carbocycles. The van der Waals surface area contributed by atoms with Crippen LogP contribution < -0.4 is 5.32 Å². The summed E-state index contributed by atoms with van der Waals surface area (Å²) in [5.41, 5.74) is 0. The Morgan fingerprint density at radius 3 is 1.15 bits per heavy atom. The van der Waals surface area contributed by atoms with Crippen LogP contribution in [0.3, 0.4) is 0 Å². The van der Waals surface area contributed by atoms with Crippen LogP contribution in [0.15, 0.2) is 134 Å². The molecule has 536 valence electrons. The van der Waals surface area contributed by atoms with E-state index in [-0.39, 0.29) is 18.9 Å². The van der Waals surface area contributed by atoms with Crippen molar-refractivity contribution in [2.75, 3.05) is 26.4 Å². The molecule has 1 amide bonds. The lowest BCUT2D eigenvalue weighted by Gasteiger charge is -2.48. The first-order valence-electron chi connectivity index (χ1n) is 35.4. The van der Waals surface area contributed by atoms with Gasteiger partial charge in [-0.15, -0.1) is 0 Å². The number of carbonyl (C=O) groups excluding carboxylic acids is 1. The highest BCUT2D eigenvalue weighted by Crippen LogP contribution is 2.33. The minimum Gasteiger partial charge on any atom is -0.394 e. The number of unbranched alkanes of at least 4 members (excludes halogenated alkanes) is 14. The second kappa shape index (κ2) is 54.9. The fourth-order valence-electron chi connectivity index (χ4n) is 11.0. The summed E-state index contributed by atoms with van der Waals surface area (Å²) in [4.78, 5) is 13.3. The van der Waals surface area contributed by atoms with E-state index in [0.29, 0.717) is 19.3 Å². The van der Waals surface area contributed by atoms with Crippen LogP contribution in [-0.4, -0.2) is 193 Å². The summed E-state index contributed by atoms with van der Waals surface area (Å²) in [6.45, 7) is 1.59. The van der Waals surface area contributed by atoms with E-state index in [1.165, 1.54) is 12.8 Å². The predicted molar refractivity (Wildman–Crippen MR) is 369 cm³/mol. The third-order valence-electron chi connectivity index (χ3n) is 16.7. The highest BCUT2D eigenvalue weighted by Gasteiger charge is 2.53. The van der Waals surface area contributed by atoms with Gasteiger partial charge in [-0.25, -0.2) is 0 Å². The molecule has 0 aromatic rings. The molecule has 12 N–H and O–H groups in total. The topological polar surface area (TPSA) is 307 Å². The lowest BCUT2D eigenvalue weighted by atomic mass is 9.96. The minimum atomic E-state index is -1.98. The van der Waals surface area contributed by atoms with E-state index >= 15 is 0 Å². The summed E-state index contributed by atoms with van der Waals surface area (Å²) in [6.07, 6.45) is 50.1. The van der Waals surface area contributed by atoms with Crippen molar-refractivity contribution in [3.63, 3.8) is 0 Å². The number of hydrogen-bond acceptors (Lipinski definition) is 18. The Balaban J connectivity index is 1.30. The molecule has 19 nitrogen and oxygen atoms in total. The van der Waals surface area contributed by atoms with Gasteiger partial charge in [0.05, 0.1) is 38.6 Å². The molecule has 3 heterocycles. The van der Waals surface area contributed by atoms with Gasteiger partial charge in [-0.2, -0.15) is 0 Å². The van der Waals surface area contributed by atoms with E-state index in [1.807, 2.05) is 0 Å². The summed E-state index contributed by atoms with van der Waals surface area (Å²) in [6, 6.07) is -0.900. The van der Waals surface area contributed by atoms with Crippen LogP contribution in [0.1, 0.15) is 200 Å². The van der Waals surface area contributed by atoms with Gasteiger partial charge in [0.15, 0.2) is 18.9 Å². The van der Waals surface area contributed by atoms with Gasteiger partial charge >= 0.3 is 0 Å². The summed E-state index contributed by atoms with van der Waals surface area (Å²) < 4.78 is 34.3. The predicted octanol–water partition coefficient (Wildman–Crippen LogP) is 9.77. The number of amides is 1. The fraction of sp³-hybridized carbons (Fsp3) is 0.693. The Hall–Kier alpha value is -4.07. The van der Waals surface area contributed by atoms with Crippen molar-refractivity contribution in [3.05, 3.63) is 134 Å². The van der Waals surface area contributed by atoms with Gasteiger partial charge in [0.2, 0.25) is 5.91 Å². The van der Waals surface area contributed by atoms with Crippen LogP contribution in [0.5, 0.6) is 0 Å². The summed E-state index contributed by atoms with van der Waals surface area (Å²) in [5, 5.41) is 120. The average Bonchev–Trinajstić information content (AvgIpc) is 0.834. The molecule has 3 aliphatic heterocycles. The largest absolute Gasteiger partial charge is 0.394 e. The van der Waals surface area contributed by atoms with Gasteiger partial charge in [0, 0.05) is 6.42 Å². The van der Waals surface area contributed by atoms with Crippen LogP contribution in [0, 0.1) is 0 Å². The number of ether oxygens (including phenoxy) is 6. The second-order valence-corrected chi connectivity index (χ2v) is 24.6. The van der Waals surface area contributed by atoms with E-state index in [4.69, 9.17) is 28.4 Å². The van der Waals surface area contributed by atoms with E-state index in [9.17, 15) is 61.0 Å². The van der Waals surface area contributed by atoms with Crippen molar-refractivity contribution >= 4 is 5.91 Å². The third kappa shape index (κ3) is 36.0. The lowest BCUT2D eigenvalue weighted by Crippen LogP contribution is -2.66. The highest BCUT2D eigenvalue weighted by atomic mass is 16.8. The van der Waals surface area contributed by atoms with Gasteiger partial charge in [-0.05, 0) is 96.3 Å². The Labute approximate surface area is 562 Å². The molecule has 3 saturated heterocycles. The maximum Gasteiger partial charge on any atom is 0.220 e. The fourth-order valence-corrected chi connectivity index (χ4v) is 11.0. The normalized spacial score (nSPS) is 28.2. The molecule has 0 radical (unpaired) electrons. The van der Waals surface area contributed by atoms with Crippen LogP contribution >= 0.6 is 0 Å². The zero-order valence-corrected chi connectivity index (χ0v) is 56.6. The van der Waals surface area contributed by atoms with Gasteiger partial charge in [-0.3, -0.25) is 4.79 Å². The third-order valence-corrected chi connectivity index (χ3v) is 16.7. The van der Waals surface area contributed by atoms with E-state index in [2.05, 4.69) is 153 Å². The maximum atomic E-state index is 13.3. The number of rotatable bonds is 52. The number of aliphatic hydroxyl groups excluding tert-OH is 11. The zero-order chi connectivity index (χ0) is 68.2. The van der Waals surface area contributed by atoms with Gasteiger partial charge < -0.3 is 89.9 Å². The van der Waals surface area contributed by atoms with Crippen molar-refractivity contribution in [2.45, 2.75) is 304 Å². The standard InChI is InChI=1S/C75H123NO18/c1-3-5-7-9-11-13-14-15-16-17-18-19-20-21-22-23-24-25-26-27-28-29-30-31-32-33-34-35-36-37-38-39-40-41-42-43-44-45-47-49-51-53-63(81)76-58(59(80)52-50-48-46-12-10-8-6-4-2)57-89-73-69(87)66(84)71(61(55-78)91-73)94-75-70(88)67(85)72(62(56-79)92-75)93-74-68(86)65(83)64(82)60(54-77)90-74/h5,7,11,13,15-16,18-19,21-22,24-25,27-28,30-31,33-34,36-37,39-40,58-62,64-75,77-80,82-88H,3-4,6,8-10,12,14,17,20,23,26,29,32,35,38,41-57H2,1-2H3,(H,76,81)/b7-5-,13-11-,16-15-,19-18-,22-21-,25-24-,28-27-,31-30-,34-33-,37-36-,40-39-. The Kier molecular flexibility index (Phi) is 49.1. The molecule has 3 fully saturated rings. The number of allylic oxidation sites excluding steroid dienone is 22. The first kappa shape index (κ1) is 84.2. The Morgan fingerprint density at radius 1 is 0.394 bits per heavy atom. The average molecular weight is 1330 g/mol. The molecule has 17 atom stereocenters. The number of aliphatic hydroxyl groups is 11. The quantitative estimate of drug-likeness (QED) is 0.0199. The molecule has 0 saturated carbocycles. The zero-order valence-electron chi connectivity index (χ0n) is 56.6. The van der Waals surface area contributed by atoms with Crippen molar-refractivity contribution in [3.8, 4) is 0 Å². The molecule has 0 bridgehead atoms.